The summed E-state index contributed by atoms with van der Waals surface area (Å²) in [4.78, 5) is 11.9. The molecule has 0 aliphatic heterocycles. The van der Waals surface area contributed by atoms with Crippen molar-refractivity contribution in [3.05, 3.63) is 70.8 Å². The standard InChI is InChI=1S/C16H15F2NO2/c1-10-7-12(14(18)8-13(10)17)16(21)19-9-15(20)11-5-3-2-4-6-11/h2-8,15,20H,9H2,1H3,(H,19,21). The van der Waals surface area contributed by atoms with Crippen molar-refractivity contribution in [2.45, 2.75) is 13.0 Å². The number of aliphatic hydroxyl groups is 1. The molecule has 1 atom stereocenters. The Morgan fingerprint density at radius 3 is 2.52 bits per heavy atom. The van der Waals surface area contributed by atoms with Crippen LogP contribution in [0.4, 0.5) is 8.78 Å². The Morgan fingerprint density at radius 1 is 1.19 bits per heavy atom. The van der Waals surface area contributed by atoms with Gasteiger partial charge in [0.25, 0.3) is 5.91 Å². The second-order valence-corrected chi connectivity index (χ2v) is 4.72. The number of aryl methyl sites for hydroxylation is 1. The molecule has 110 valence electrons. The molecule has 0 saturated heterocycles. The summed E-state index contributed by atoms with van der Waals surface area (Å²) in [7, 11) is 0. The SMILES string of the molecule is Cc1cc(C(=O)NCC(O)c2ccccc2)c(F)cc1F. The average molecular weight is 291 g/mol. The zero-order valence-corrected chi connectivity index (χ0v) is 11.4. The van der Waals surface area contributed by atoms with E-state index in [4.69, 9.17) is 0 Å². The largest absolute Gasteiger partial charge is 0.387 e. The number of rotatable bonds is 4. The summed E-state index contributed by atoms with van der Waals surface area (Å²) in [5, 5.41) is 12.3. The van der Waals surface area contributed by atoms with E-state index >= 15 is 0 Å². The molecule has 1 amide bonds. The lowest BCUT2D eigenvalue weighted by atomic mass is 10.1. The normalized spacial score (nSPS) is 12.0. The molecule has 21 heavy (non-hydrogen) atoms. The molecule has 0 heterocycles. The van der Waals surface area contributed by atoms with Gasteiger partial charge in [-0.05, 0) is 24.1 Å². The van der Waals surface area contributed by atoms with E-state index in [9.17, 15) is 18.7 Å². The maximum absolute atomic E-state index is 13.6. The van der Waals surface area contributed by atoms with Crippen LogP contribution in [0, 0.1) is 18.6 Å². The van der Waals surface area contributed by atoms with Gasteiger partial charge in [0.1, 0.15) is 11.6 Å². The van der Waals surface area contributed by atoms with Crippen LogP contribution in [0.3, 0.4) is 0 Å². The lowest BCUT2D eigenvalue weighted by Crippen LogP contribution is -2.29. The van der Waals surface area contributed by atoms with Gasteiger partial charge in [0, 0.05) is 12.6 Å². The summed E-state index contributed by atoms with van der Waals surface area (Å²) in [5.74, 6) is -2.32. The van der Waals surface area contributed by atoms with Crippen molar-refractivity contribution in [2.24, 2.45) is 0 Å². The highest BCUT2D eigenvalue weighted by molar-refractivity contribution is 5.94. The van der Waals surface area contributed by atoms with E-state index in [1.807, 2.05) is 6.07 Å². The van der Waals surface area contributed by atoms with Gasteiger partial charge in [-0.1, -0.05) is 30.3 Å². The van der Waals surface area contributed by atoms with Crippen LogP contribution in [-0.4, -0.2) is 17.6 Å². The first-order valence-corrected chi connectivity index (χ1v) is 6.46. The fraction of sp³-hybridized carbons (Fsp3) is 0.188. The first-order valence-electron chi connectivity index (χ1n) is 6.46. The van der Waals surface area contributed by atoms with Crippen molar-refractivity contribution in [3.8, 4) is 0 Å². The Morgan fingerprint density at radius 2 is 1.86 bits per heavy atom. The second-order valence-electron chi connectivity index (χ2n) is 4.72. The van der Waals surface area contributed by atoms with Crippen molar-refractivity contribution < 1.29 is 18.7 Å². The summed E-state index contributed by atoms with van der Waals surface area (Å²) >= 11 is 0. The Hall–Kier alpha value is -2.27. The van der Waals surface area contributed by atoms with Crippen molar-refractivity contribution in [1.82, 2.24) is 5.32 Å². The number of carbonyl (C=O) groups is 1. The number of hydrogen-bond acceptors (Lipinski definition) is 2. The van der Waals surface area contributed by atoms with Crippen LogP contribution < -0.4 is 5.32 Å². The van der Waals surface area contributed by atoms with E-state index in [1.54, 1.807) is 24.3 Å². The molecule has 0 aromatic heterocycles. The van der Waals surface area contributed by atoms with Gasteiger partial charge in [0.05, 0.1) is 11.7 Å². The molecular formula is C16H15F2NO2. The van der Waals surface area contributed by atoms with Crippen molar-refractivity contribution in [3.63, 3.8) is 0 Å². The van der Waals surface area contributed by atoms with Gasteiger partial charge in [-0.25, -0.2) is 8.78 Å². The Bertz CT molecular complexity index is 644. The highest BCUT2D eigenvalue weighted by Gasteiger charge is 2.16. The minimum atomic E-state index is -0.926. The molecule has 0 radical (unpaired) electrons. The minimum absolute atomic E-state index is 0.0568. The van der Waals surface area contributed by atoms with Crippen molar-refractivity contribution in [2.75, 3.05) is 6.54 Å². The Balaban J connectivity index is 2.04. The molecule has 0 aliphatic carbocycles. The number of hydrogen-bond donors (Lipinski definition) is 2. The highest BCUT2D eigenvalue weighted by Crippen LogP contribution is 2.15. The van der Waals surface area contributed by atoms with E-state index in [0.717, 1.165) is 6.07 Å². The molecule has 0 fully saturated rings. The molecule has 5 heteroatoms. The van der Waals surface area contributed by atoms with Gasteiger partial charge in [-0.15, -0.1) is 0 Å². The number of carbonyl (C=O) groups excluding carboxylic acids is 1. The van der Waals surface area contributed by atoms with Crippen LogP contribution in [0.5, 0.6) is 0 Å². The predicted octanol–water partition coefficient (Wildman–Crippen LogP) is 2.74. The number of nitrogens with one attached hydrogen (secondary N) is 1. The van der Waals surface area contributed by atoms with Crippen LogP contribution in [-0.2, 0) is 0 Å². The summed E-state index contributed by atoms with van der Waals surface area (Å²) in [6, 6.07) is 10.6. The summed E-state index contributed by atoms with van der Waals surface area (Å²) in [6.45, 7) is 1.39. The van der Waals surface area contributed by atoms with Gasteiger partial charge < -0.3 is 10.4 Å². The Labute approximate surface area is 121 Å². The Kier molecular flexibility index (Phi) is 4.65. The molecular weight excluding hydrogens is 276 g/mol. The lowest BCUT2D eigenvalue weighted by Gasteiger charge is -2.13. The zero-order valence-electron chi connectivity index (χ0n) is 11.4. The molecule has 2 rings (SSSR count). The van der Waals surface area contributed by atoms with Crippen LogP contribution in [0.1, 0.15) is 27.6 Å². The van der Waals surface area contributed by atoms with E-state index in [-0.39, 0.29) is 17.7 Å². The number of aliphatic hydroxyl groups excluding tert-OH is 1. The molecule has 3 nitrogen and oxygen atoms in total. The molecule has 0 spiro atoms. The van der Waals surface area contributed by atoms with E-state index < -0.39 is 23.6 Å². The molecule has 2 aromatic rings. The number of halogens is 2. The zero-order chi connectivity index (χ0) is 15.4. The smallest absolute Gasteiger partial charge is 0.254 e. The highest BCUT2D eigenvalue weighted by atomic mass is 19.1. The first-order chi connectivity index (χ1) is 9.99. The lowest BCUT2D eigenvalue weighted by molar-refractivity contribution is 0.0912. The fourth-order valence-corrected chi connectivity index (χ4v) is 1.91. The van der Waals surface area contributed by atoms with E-state index in [2.05, 4.69) is 5.32 Å². The third-order valence-electron chi connectivity index (χ3n) is 3.13. The molecule has 2 aromatic carbocycles. The first kappa shape index (κ1) is 15.1. The van der Waals surface area contributed by atoms with Gasteiger partial charge in [0.15, 0.2) is 0 Å². The molecule has 0 aliphatic rings. The van der Waals surface area contributed by atoms with Crippen molar-refractivity contribution >= 4 is 5.91 Å². The van der Waals surface area contributed by atoms with Gasteiger partial charge in [0.2, 0.25) is 0 Å². The van der Waals surface area contributed by atoms with Crippen LogP contribution in [0.2, 0.25) is 0 Å². The number of benzene rings is 2. The minimum Gasteiger partial charge on any atom is -0.387 e. The van der Waals surface area contributed by atoms with Crippen LogP contribution in [0.15, 0.2) is 42.5 Å². The fourth-order valence-electron chi connectivity index (χ4n) is 1.91. The van der Waals surface area contributed by atoms with Crippen LogP contribution >= 0.6 is 0 Å². The monoisotopic (exact) mass is 291 g/mol. The van der Waals surface area contributed by atoms with E-state index in [1.165, 1.54) is 6.92 Å². The van der Waals surface area contributed by atoms with Gasteiger partial charge >= 0.3 is 0 Å². The maximum atomic E-state index is 13.6. The predicted molar refractivity (Wildman–Crippen MR) is 74.8 cm³/mol. The maximum Gasteiger partial charge on any atom is 0.254 e. The molecule has 0 saturated carbocycles. The van der Waals surface area contributed by atoms with Crippen LogP contribution in [0.25, 0.3) is 0 Å². The summed E-state index contributed by atoms with van der Waals surface area (Å²) < 4.78 is 26.7. The molecule has 0 bridgehead atoms. The van der Waals surface area contributed by atoms with E-state index in [0.29, 0.717) is 11.6 Å². The second kappa shape index (κ2) is 6.45. The quantitative estimate of drug-likeness (QED) is 0.910. The summed E-state index contributed by atoms with van der Waals surface area (Å²) in [5.41, 5.74) is 0.591. The summed E-state index contributed by atoms with van der Waals surface area (Å²) in [6.07, 6.45) is -0.889. The third kappa shape index (κ3) is 3.64. The number of amides is 1. The third-order valence-corrected chi connectivity index (χ3v) is 3.13. The molecule has 1 unspecified atom stereocenters. The van der Waals surface area contributed by atoms with Gasteiger partial charge in [-0.3, -0.25) is 4.79 Å². The van der Waals surface area contributed by atoms with Crippen molar-refractivity contribution in [1.29, 1.82) is 0 Å². The average Bonchev–Trinajstić information content (AvgIpc) is 2.49. The van der Waals surface area contributed by atoms with Gasteiger partial charge in [-0.2, -0.15) is 0 Å². The topological polar surface area (TPSA) is 49.3 Å². The molecule has 2 N–H and O–H groups in total.